The van der Waals surface area contributed by atoms with Crippen molar-refractivity contribution < 1.29 is 0 Å². The average Bonchev–Trinajstić information content (AvgIpc) is 2.71. The zero-order valence-electron chi connectivity index (χ0n) is 8.99. The molecular weight excluding hydrogens is 194 g/mol. The minimum atomic E-state index is 1.02. The molecule has 0 aliphatic rings. The first kappa shape index (κ1) is 11.5. The second-order valence-corrected chi connectivity index (χ2v) is 4.04. The molecule has 1 aromatic rings. The van der Waals surface area contributed by atoms with Gasteiger partial charge in [-0.15, -0.1) is 11.3 Å². The lowest BCUT2D eigenvalue weighted by Crippen LogP contribution is -2.25. The molecule has 0 saturated carbocycles. The van der Waals surface area contributed by atoms with Crippen LogP contribution >= 0.6 is 11.3 Å². The summed E-state index contributed by atoms with van der Waals surface area (Å²) in [5.74, 6) is 0. The molecule has 1 heterocycles. The first-order valence-corrected chi connectivity index (χ1v) is 6.10. The molecule has 0 radical (unpaired) electrons. The van der Waals surface area contributed by atoms with Gasteiger partial charge in [0.1, 0.15) is 0 Å². The molecule has 0 atom stereocenters. The van der Waals surface area contributed by atoms with Crippen molar-refractivity contribution in [2.24, 2.45) is 0 Å². The molecular formula is C10H19N3S. The number of nitrogens with one attached hydrogen (secondary N) is 1. The summed E-state index contributed by atoms with van der Waals surface area (Å²) in [6.45, 7) is 8.90. The van der Waals surface area contributed by atoms with Gasteiger partial charge in [-0.3, -0.25) is 0 Å². The van der Waals surface area contributed by atoms with Crippen LogP contribution < -0.4 is 5.32 Å². The molecule has 14 heavy (non-hydrogen) atoms. The van der Waals surface area contributed by atoms with Crippen molar-refractivity contribution in [1.29, 1.82) is 0 Å². The molecule has 0 unspecified atom stereocenters. The molecule has 0 spiro atoms. The van der Waals surface area contributed by atoms with Gasteiger partial charge in [-0.05, 0) is 26.1 Å². The van der Waals surface area contributed by atoms with Gasteiger partial charge in [0.05, 0.1) is 0 Å². The molecule has 4 heteroatoms. The maximum Gasteiger partial charge on any atom is 0.182 e. The Labute approximate surface area is 90.2 Å². The standard InChI is InChI=1S/C10H19N3S/c1-3-13(4-2)8-5-6-11-10-12-7-9-14-10/h7,9H,3-6,8H2,1-2H3,(H,11,12). The van der Waals surface area contributed by atoms with Crippen molar-refractivity contribution in [2.45, 2.75) is 20.3 Å². The van der Waals surface area contributed by atoms with Crippen LogP contribution in [0.5, 0.6) is 0 Å². The Morgan fingerprint density at radius 3 is 2.79 bits per heavy atom. The van der Waals surface area contributed by atoms with Gasteiger partial charge in [0, 0.05) is 18.1 Å². The van der Waals surface area contributed by atoms with Gasteiger partial charge >= 0.3 is 0 Å². The molecule has 1 rings (SSSR count). The SMILES string of the molecule is CCN(CC)CCCNc1nccs1. The fourth-order valence-corrected chi connectivity index (χ4v) is 1.91. The van der Waals surface area contributed by atoms with E-state index in [1.807, 2.05) is 11.6 Å². The Bertz CT molecular complexity index is 219. The summed E-state index contributed by atoms with van der Waals surface area (Å²) in [7, 11) is 0. The largest absolute Gasteiger partial charge is 0.361 e. The van der Waals surface area contributed by atoms with Crippen molar-refractivity contribution in [3.63, 3.8) is 0 Å². The van der Waals surface area contributed by atoms with Gasteiger partial charge in [-0.1, -0.05) is 13.8 Å². The van der Waals surface area contributed by atoms with Crippen molar-refractivity contribution in [3.05, 3.63) is 11.6 Å². The molecule has 0 fully saturated rings. The van der Waals surface area contributed by atoms with Gasteiger partial charge in [-0.2, -0.15) is 0 Å². The summed E-state index contributed by atoms with van der Waals surface area (Å²) in [6.07, 6.45) is 3.01. The lowest BCUT2D eigenvalue weighted by molar-refractivity contribution is 0.303. The van der Waals surface area contributed by atoms with Gasteiger partial charge in [0.2, 0.25) is 0 Å². The summed E-state index contributed by atoms with van der Waals surface area (Å²) < 4.78 is 0. The Morgan fingerprint density at radius 1 is 1.43 bits per heavy atom. The number of hydrogen-bond acceptors (Lipinski definition) is 4. The predicted molar refractivity (Wildman–Crippen MR) is 63.0 cm³/mol. The summed E-state index contributed by atoms with van der Waals surface area (Å²) in [5, 5.41) is 6.33. The summed E-state index contributed by atoms with van der Waals surface area (Å²) in [4.78, 5) is 6.60. The fraction of sp³-hybridized carbons (Fsp3) is 0.700. The molecule has 0 saturated heterocycles. The third-order valence-electron chi connectivity index (χ3n) is 2.25. The van der Waals surface area contributed by atoms with Crippen LogP contribution in [0.4, 0.5) is 5.13 Å². The van der Waals surface area contributed by atoms with E-state index >= 15 is 0 Å². The van der Waals surface area contributed by atoms with Crippen LogP contribution in [0.3, 0.4) is 0 Å². The Hall–Kier alpha value is -0.610. The highest BCUT2D eigenvalue weighted by molar-refractivity contribution is 7.13. The van der Waals surface area contributed by atoms with E-state index in [1.54, 1.807) is 11.3 Å². The van der Waals surface area contributed by atoms with E-state index in [-0.39, 0.29) is 0 Å². The number of rotatable bonds is 7. The van der Waals surface area contributed by atoms with Crippen molar-refractivity contribution in [2.75, 3.05) is 31.5 Å². The first-order valence-electron chi connectivity index (χ1n) is 5.22. The molecule has 1 N–H and O–H groups in total. The number of nitrogens with zero attached hydrogens (tertiary/aromatic N) is 2. The minimum absolute atomic E-state index is 1.02. The molecule has 0 aliphatic carbocycles. The minimum Gasteiger partial charge on any atom is -0.361 e. The van der Waals surface area contributed by atoms with E-state index in [0.29, 0.717) is 0 Å². The Kier molecular flexibility index (Phi) is 5.56. The second-order valence-electron chi connectivity index (χ2n) is 3.14. The van der Waals surface area contributed by atoms with Gasteiger partial charge in [0.25, 0.3) is 0 Å². The van der Waals surface area contributed by atoms with Crippen LogP contribution in [0.15, 0.2) is 11.6 Å². The van der Waals surface area contributed by atoms with Gasteiger partial charge in [-0.25, -0.2) is 4.98 Å². The van der Waals surface area contributed by atoms with Crippen LogP contribution in [0.1, 0.15) is 20.3 Å². The quantitative estimate of drug-likeness (QED) is 0.704. The lowest BCUT2D eigenvalue weighted by atomic mass is 10.3. The molecule has 0 amide bonds. The van der Waals surface area contributed by atoms with Crippen LogP contribution in [-0.2, 0) is 0 Å². The Balaban J connectivity index is 2.04. The summed E-state index contributed by atoms with van der Waals surface area (Å²) in [5.41, 5.74) is 0. The molecule has 0 aliphatic heterocycles. The third kappa shape index (κ3) is 4.07. The van der Waals surface area contributed by atoms with Gasteiger partial charge < -0.3 is 10.2 Å². The van der Waals surface area contributed by atoms with E-state index in [0.717, 1.165) is 24.8 Å². The van der Waals surface area contributed by atoms with E-state index in [1.165, 1.54) is 13.0 Å². The highest BCUT2D eigenvalue weighted by atomic mass is 32.1. The monoisotopic (exact) mass is 213 g/mol. The van der Waals surface area contributed by atoms with E-state index < -0.39 is 0 Å². The summed E-state index contributed by atoms with van der Waals surface area (Å²) >= 11 is 1.66. The van der Waals surface area contributed by atoms with Crippen LogP contribution in [0, 0.1) is 0 Å². The van der Waals surface area contributed by atoms with E-state index in [9.17, 15) is 0 Å². The maximum atomic E-state index is 4.17. The van der Waals surface area contributed by atoms with E-state index in [4.69, 9.17) is 0 Å². The normalized spacial score (nSPS) is 10.8. The number of hydrogen-bond donors (Lipinski definition) is 1. The fourth-order valence-electron chi connectivity index (χ4n) is 1.35. The third-order valence-corrected chi connectivity index (χ3v) is 2.98. The maximum absolute atomic E-state index is 4.17. The number of anilines is 1. The molecule has 80 valence electrons. The van der Waals surface area contributed by atoms with Crippen LogP contribution in [0.2, 0.25) is 0 Å². The molecule has 3 nitrogen and oxygen atoms in total. The number of aromatic nitrogens is 1. The average molecular weight is 213 g/mol. The van der Waals surface area contributed by atoms with Crippen LogP contribution in [-0.4, -0.2) is 36.1 Å². The van der Waals surface area contributed by atoms with Crippen molar-refractivity contribution in [3.8, 4) is 0 Å². The molecule has 0 bridgehead atoms. The second kappa shape index (κ2) is 6.79. The predicted octanol–water partition coefficient (Wildman–Crippen LogP) is 2.29. The lowest BCUT2D eigenvalue weighted by Gasteiger charge is -2.17. The number of thiazole rings is 1. The van der Waals surface area contributed by atoms with E-state index in [2.05, 4.69) is 29.0 Å². The Morgan fingerprint density at radius 2 is 2.21 bits per heavy atom. The van der Waals surface area contributed by atoms with Crippen molar-refractivity contribution >= 4 is 16.5 Å². The van der Waals surface area contributed by atoms with Crippen LogP contribution in [0.25, 0.3) is 0 Å². The highest BCUT2D eigenvalue weighted by Gasteiger charge is 1.98. The first-order chi connectivity index (χ1) is 6.86. The zero-order chi connectivity index (χ0) is 10.2. The summed E-state index contributed by atoms with van der Waals surface area (Å²) in [6, 6.07) is 0. The zero-order valence-corrected chi connectivity index (χ0v) is 9.81. The topological polar surface area (TPSA) is 28.2 Å². The highest BCUT2D eigenvalue weighted by Crippen LogP contribution is 2.09. The van der Waals surface area contributed by atoms with Gasteiger partial charge in [0.15, 0.2) is 5.13 Å². The molecule has 1 aromatic heterocycles. The molecule has 0 aromatic carbocycles. The van der Waals surface area contributed by atoms with Crippen molar-refractivity contribution in [1.82, 2.24) is 9.88 Å². The smallest absolute Gasteiger partial charge is 0.182 e.